The van der Waals surface area contributed by atoms with Crippen molar-refractivity contribution >= 4 is 11.9 Å². The third-order valence-corrected chi connectivity index (χ3v) is 4.08. The molecule has 0 saturated carbocycles. The number of halogens is 4. The van der Waals surface area contributed by atoms with Crippen molar-refractivity contribution in [2.24, 2.45) is 5.10 Å². The van der Waals surface area contributed by atoms with E-state index >= 15 is 0 Å². The fourth-order valence-electron chi connectivity index (χ4n) is 2.67. The number of rotatable bonds is 5. The molecule has 4 aromatic rings. The van der Waals surface area contributed by atoms with Crippen LogP contribution in [0.5, 0.6) is 0 Å². The minimum atomic E-state index is -1.78. The lowest BCUT2D eigenvalue weighted by Gasteiger charge is -2.04. The van der Waals surface area contributed by atoms with Crippen LogP contribution in [0.4, 0.5) is 23.2 Å². The Morgan fingerprint density at radius 2 is 1.67 bits per heavy atom. The van der Waals surface area contributed by atoms with Gasteiger partial charge in [-0.05, 0) is 24.3 Å². The molecule has 10 heteroatoms. The zero-order valence-corrected chi connectivity index (χ0v) is 15.1. The molecular weight excluding hydrogens is 400 g/mol. The number of hydrogen-bond acceptors (Lipinski definition) is 5. The lowest BCUT2D eigenvalue weighted by atomic mass is 10.1. The second-order valence-electron chi connectivity index (χ2n) is 6.02. The number of aromatic nitrogens is 4. The molecule has 150 valence electrons. The van der Waals surface area contributed by atoms with Crippen molar-refractivity contribution in [1.29, 1.82) is 0 Å². The van der Waals surface area contributed by atoms with Crippen LogP contribution in [-0.4, -0.2) is 26.0 Å². The van der Waals surface area contributed by atoms with Gasteiger partial charge in [-0.15, -0.1) is 0 Å². The molecule has 0 radical (unpaired) electrons. The number of pyridine rings is 2. The highest BCUT2D eigenvalue weighted by Gasteiger charge is 2.20. The van der Waals surface area contributed by atoms with Crippen molar-refractivity contribution in [2.45, 2.75) is 0 Å². The SMILES string of the molecule is Fc1nc(F)c(F)c(N/N=C/c2cn(-c3ccccc3)nc2-c2cccnc2)c1F. The highest BCUT2D eigenvalue weighted by molar-refractivity contribution is 5.89. The highest BCUT2D eigenvalue weighted by atomic mass is 19.2. The molecule has 0 amide bonds. The third-order valence-electron chi connectivity index (χ3n) is 4.08. The molecule has 0 bridgehead atoms. The Bertz CT molecular complexity index is 1180. The first kappa shape index (κ1) is 19.2. The molecular formula is C20H12F4N6. The predicted octanol–water partition coefficient (Wildman–Crippen LogP) is 4.33. The molecule has 3 aromatic heterocycles. The fraction of sp³-hybridized carbons (Fsp3) is 0. The van der Waals surface area contributed by atoms with E-state index in [-0.39, 0.29) is 0 Å². The summed E-state index contributed by atoms with van der Waals surface area (Å²) in [5.74, 6) is -6.92. The van der Waals surface area contributed by atoms with Gasteiger partial charge in [-0.2, -0.15) is 32.7 Å². The van der Waals surface area contributed by atoms with E-state index in [1.807, 2.05) is 35.8 Å². The topological polar surface area (TPSA) is 68.0 Å². The molecule has 0 atom stereocenters. The molecule has 0 aliphatic carbocycles. The number of anilines is 1. The van der Waals surface area contributed by atoms with E-state index in [9.17, 15) is 17.6 Å². The number of benzene rings is 1. The Balaban J connectivity index is 1.71. The van der Waals surface area contributed by atoms with Gasteiger partial charge in [0, 0.05) is 29.7 Å². The van der Waals surface area contributed by atoms with Gasteiger partial charge in [0.25, 0.3) is 11.9 Å². The highest BCUT2D eigenvalue weighted by Crippen LogP contribution is 2.24. The Kier molecular flexibility index (Phi) is 5.21. The lowest BCUT2D eigenvalue weighted by Crippen LogP contribution is -2.05. The molecule has 0 spiro atoms. The first-order valence-electron chi connectivity index (χ1n) is 8.59. The minimum absolute atomic E-state index is 0.468. The molecule has 0 fully saturated rings. The van der Waals surface area contributed by atoms with E-state index in [2.05, 4.69) is 20.2 Å². The smallest absolute Gasteiger partial charge is 0.254 e. The first-order chi connectivity index (χ1) is 14.5. The number of hydrazone groups is 1. The molecule has 3 heterocycles. The van der Waals surface area contributed by atoms with Crippen LogP contribution in [0.25, 0.3) is 16.9 Å². The average molecular weight is 412 g/mol. The summed E-state index contributed by atoms with van der Waals surface area (Å²) in [7, 11) is 0. The maximum Gasteiger partial charge on any atom is 0.254 e. The van der Waals surface area contributed by atoms with Crippen molar-refractivity contribution in [2.75, 3.05) is 5.43 Å². The molecule has 1 N–H and O–H groups in total. The second kappa shape index (κ2) is 8.11. The molecule has 0 unspecified atom stereocenters. The predicted molar refractivity (Wildman–Crippen MR) is 102 cm³/mol. The Labute approximate surface area is 167 Å². The van der Waals surface area contributed by atoms with Crippen molar-refractivity contribution in [3.8, 4) is 16.9 Å². The van der Waals surface area contributed by atoms with E-state index in [0.717, 1.165) is 5.69 Å². The summed E-state index contributed by atoms with van der Waals surface area (Å²) in [6.07, 6.45) is 6.06. The van der Waals surface area contributed by atoms with Crippen molar-refractivity contribution in [1.82, 2.24) is 19.7 Å². The van der Waals surface area contributed by atoms with Gasteiger partial charge in [0.05, 0.1) is 11.9 Å². The number of hydrogen-bond donors (Lipinski definition) is 1. The van der Waals surface area contributed by atoms with Gasteiger partial charge in [-0.25, -0.2) is 4.68 Å². The normalized spacial score (nSPS) is 11.2. The van der Waals surface area contributed by atoms with Gasteiger partial charge in [0.2, 0.25) is 11.6 Å². The monoisotopic (exact) mass is 412 g/mol. The summed E-state index contributed by atoms with van der Waals surface area (Å²) >= 11 is 0. The van der Waals surface area contributed by atoms with Crippen LogP contribution in [0.2, 0.25) is 0 Å². The maximum atomic E-state index is 13.7. The van der Waals surface area contributed by atoms with Gasteiger partial charge >= 0.3 is 0 Å². The quantitative estimate of drug-likeness (QED) is 0.229. The summed E-state index contributed by atoms with van der Waals surface area (Å²) in [5, 5.41) is 8.24. The van der Waals surface area contributed by atoms with Crippen molar-refractivity contribution in [3.63, 3.8) is 0 Å². The molecule has 1 aromatic carbocycles. The van der Waals surface area contributed by atoms with Gasteiger partial charge in [-0.1, -0.05) is 18.2 Å². The summed E-state index contributed by atoms with van der Waals surface area (Å²) < 4.78 is 55.5. The lowest BCUT2D eigenvalue weighted by molar-refractivity contribution is 0.411. The second-order valence-corrected chi connectivity index (χ2v) is 6.02. The van der Waals surface area contributed by atoms with E-state index < -0.39 is 29.2 Å². The molecule has 0 aliphatic rings. The van der Waals surface area contributed by atoms with E-state index in [0.29, 0.717) is 16.8 Å². The minimum Gasteiger partial charge on any atom is -0.272 e. The molecule has 0 aliphatic heterocycles. The van der Waals surface area contributed by atoms with Gasteiger partial charge in [0.15, 0.2) is 0 Å². The van der Waals surface area contributed by atoms with Crippen LogP contribution in [0.1, 0.15) is 5.56 Å². The van der Waals surface area contributed by atoms with Crippen LogP contribution < -0.4 is 5.43 Å². The summed E-state index contributed by atoms with van der Waals surface area (Å²) in [6, 6.07) is 12.7. The van der Waals surface area contributed by atoms with Gasteiger partial charge < -0.3 is 0 Å². The van der Waals surface area contributed by atoms with E-state index in [1.165, 1.54) is 6.21 Å². The van der Waals surface area contributed by atoms with Crippen LogP contribution in [0.3, 0.4) is 0 Å². The standard InChI is InChI=1S/C20H12F4N6/c21-15-18(16(22)20(24)27-19(15)23)28-26-10-13-11-30(14-6-2-1-3-7-14)29-17(13)12-5-4-8-25-9-12/h1-11H,(H,27,28)/b26-10+. The van der Waals surface area contributed by atoms with Crippen LogP contribution >= 0.6 is 0 Å². The summed E-state index contributed by atoms with van der Waals surface area (Å²) in [4.78, 5) is 6.55. The first-order valence-corrected chi connectivity index (χ1v) is 8.59. The van der Waals surface area contributed by atoms with E-state index in [4.69, 9.17) is 0 Å². The Morgan fingerprint density at radius 3 is 2.33 bits per heavy atom. The summed E-state index contributed by atoms with van der Waals surface area (Å²) in [5.41, 5.74) is 3.30. The summed E-state index contributed by atoms with van der Waals surface area (Å²) in [6.45, 7) is 0. The zero-order chi connectivity index (χ0) is 21.1. The fourth-order valence-corrected chi connectivity index (χ4v) is 2.67. The number of nitrogens with one attached hydrogen (secondary N) is 1. The largest absolute Gasteiger partial charge is 0.272 e. The third kappa shape index (κ3) is 3.75. The molecule has 6 nitrogen and oxygen atoms in total. The Hall–Kier alpha value is -4.08. The molecule has 4 rings (SSSR count). The van der Waals surface area contributed by atoms with Crippen LogP contribution in [0.15, 0.2) is 66.2 Å². The average Bonchev–Trinajstić information content (AvgIpc) is 3.20. The van der Waals surface area contributed by atoms with Crippen molar-refractivity contribution < 1.29 is 17.6 Å². The van der Waals surface area contributed by atoms with Gasteiger partial charge in [-0.3, -0.25) is 10.4 Å². The van der Waals surface area contributed by atoms with E-state index in [1.54, 1.807) is 35.4 Å². The maximum absolute atomic E-state index is 13.7. The molecule has 30 heavy (non-hydrogen) atoms. The molecule has 0 saturated heterocycles. The van der Waals surface area contributed by atoms with Crippen molar-refractivity contribution in [3.05, 3.63) is 90.1 Å². The van der Waals surface area contributed by atoms with Crippen LogP contribution in [-0.2, 0) is 0 Å². The Morgan fingerprint density at radius 1 is 0.933 bits per heavy atom. The zero-order valence-electron chi connectivity index (χ0n) is 15.1. The number of para-hydroxylation sites is 1. The van der Waals surface area contributed by atoms with Gasteiger partial charge in [0.1, 0.15) is 11.4 Å². The van der Waals surface area contributed by atoms with Crippen LogP contribution in [0, 0.1) is 23.5 Å². The number of nitrogens with zero attached hydrogens (tertiary/aromatic N) is 5.